The van der Waals surface area contributed by atoms with Gasteiger partial charge in [-0.05, 0) is 42.7 Å². The summed E-state index contributed by atoms with van der Waals surface area (Å²) in [5, 5.41) is 2.92. The number of para-hydroxylation sites is 1. The molecule has 0 radical (unpaired) electrons. The van der Waals surface area contributed by atoms with E-state index >= 15 is 0 Å². The molecule has 0 bridgehead atoms. The van der Waals surface area contributed by atoms with E-state index in [4.69, 9.17) is 16.3 Å². The number of halogens is 1. The molecule has 2 aromatic carbocycles. The van der Waals surface area contributed by atoms with E-state index in [1.54, 1.807) is 0 Å². The minimum absolute atomic E-state index is 0.0506. The highest BCUT2D eigenvalue weighted by molar-refractivity contribution is 7.89. The van der Waals surface area contributed by atoms with Crippen molar-refractivity contribution in [3.63, 3.8) is 0 Å². The lowest BCUT2D eigenvalue weighted by molar-refractivity contribution is -0.118. The third kappa shape index (κ3) is 5.95. The van der Waals surface area contributed by atoms with E-state index in [0.29, 0.717) is 13.0 Å². The molecule has 2 rings (SSSR count). The fraction of sp³-hybridized carbons (Fsp3) is 0.316. The maximum absolute atomic E-state index is 12.1. The van der Waals surface area contributed by atoms with Crippen LogP contribution in [-0.2, 0) is 21.2 Å². The van der Waals surface area contributed by atoms with E-state index < -0.39 is 10.0 Å². The van der Waals surface area contributed by atoms with E-state index in [9.17, 15) is 13.2 Å². The van der Waals surface area contributed by atoms with Gasteiger partial charge >= 0.3 is 0 Å². The van der Waals surface area contributed by atoms with Crippen LogP contribution in [0, 0.1) is 0 Å². The fourth-order valence-corrected chi connectivity index (χ4v) is 3.83. The lowest BCUT2D eigenvalue weighted by Gasteiger charge is -2.12. The Morgan fingerprint density at radius 1 is 1.15 bits per heavy atom. The monoisotopic (exact) mass is 410 g/mol. The fourth-order valence-electron chi connectivity index (χ4n) is 2.37. The van der Waals surface area contributed by atoms with E-state index in [0.717, 1.165) is 17.7 Å². The Labute approximate surface area is 164 Å². The van der Waals surface area contributed by atoms with Gasteiger partial charge < -0.3 is 10.1 Å². The van der Waals surface area contributed by atoms with E-state index in [2.05, 4.69) is 10.0 Å². The normalized spacial score (nSPS) is 11.2. The van der Waals surface area contributed by atoms with Crippen LogP contribution in [0.4, 0.5) is 5.69 Å². The molecule has 8 heteroatoms. The Balaban J connectivity index is 2.00. The Morgan fingerprint density at radius 2 is 1.89 bits per heavy atom. The summed E-state index contributed by atoms with van der Waals surface area (Å²) in [6, 6.07) is 11.7. The highest BCUT2D eigenvalue weighted by Crippen LogP contribution is 2.27. The zero-order valence-electron chi connectivity index (χ0n) is 15.3. The van der Waals surface area contributed by atoms with Gasteiger partial charge in [0.2, 0.25) is 10.0 Å². The summed E-state index contributed by atoms with van der Waals surface area (Å²) >= 11 is 6.11. The van der Waals surface area contributed by atoms with Gasteiger partial charge in [0, 0.05) is 12.2 Å². The summed E-state index contributed by atoms with van der Waals surface area (Å²) in [6.07, 6.45) is 1.48. The zero-order chi connectivity index (χ0) is 19.9. The molecule has 0 aliphatic rings. The van der Waals surface area contributed by atoms with Gasteiger partial charge in [-0.2, -0.15) is 0 Å². The summed E-state index contributed by atoms with van der Waals surface area (Å²) in [5.41, 5.74) is 1.76. The van der Waals surface area contributed by atoms with Crippen molar-refractivity contribution in [1.82, 2.24) is 4.72 Å². The van der Waals surface area contributed by atoms with Crippen LogP contribution in [-0.4, -0.2) is 27.5 Å². The molecule has 2 aromatic rings. The molecule has 146 valence electrons. The first-order valence-corrected chi connectivity index (χ1v) is 10.5. The zero-order valence-corrected chi connectivity index (χ0v) is 16.9. The van der Waals surface area contributed by atoms with Crippen LogP contribution in [0.2, 0.25) is 5.02 Å². The molecule has 0 saturated carbocycles. The summed E-state index contributed by atoms with van der Waals surface area (Å²) in [7, 11) is -3.61. The third-order valence-corrected chi connectivity index (χ3v) is 5.54. The van der Waals surface area contributed by atoms with Crippen LogP contribution in [0.15, 0.2) is 47.4 Å². The summed E-state index contributed by atoms with van der Waals surface area (Å²) < 4.78 is 32.1. The molecule has 0 spiro atoms. The lowest BCUT2D eigenvalue weighted by Crippen LogP contribution is -2.24. The smallest absolute Gasteiger partial charge is 0.262 e. The van der Waals surface area contributed by atoms with Crippen molar-refractivity contribution in [3.05, 3.63) is 53.1 Å². The molecule has 0 aliphatic carbocycles. The van der Waals surface area contributed by atoms with Gasteiger partial charge in [-0.3, -0.25) is 4.79 Å². The van der Waals surface area contributed by atoms with E-state index in [1.807, 2.05) is 38.1 Å². The number of carbonyl (C=O) groups excluding carboxylic acids is 1. The number of benzene rings is 2. The first-order chi connectivity index (χ1) is 12.9. The predicted molar refractivity (Wildman–Crippen MR) is 107 cm³/mol. The first kappa shape index (κ1) is 21.2. The van der Waals surface area contributed by atoms with Crippen LogP contribution in [0.5, 0.6) is 5.75 Å². The van der Waals surface area contributed by atoms with Crippen molar-refractivity contribution >= 4 is 33.2 Å². The molecule has 6 nitrogen and oxygen atoms in total. The second kappa shape index (κ2) is 9.73. The number of sulfonamides is 1. The van der Waals surface area contributed by atoms with Crippen LogP contribution in [0.25, 0.3) is 0 Å². The molecule has 2 N–H and O–H groups in total. The number of carbonyl (C=O) groups is 1. The maximum Gasteiger partial charge on any atom is 0.262 e. The Hall–Kier alpha value is -2.09. The lowest BCUT2D eigenvalue weighted by atomic mass is 10.1. The molecule has 0 saturated heterocycles. The van der Waals surface area contributed by atoms with Crippen molar-refractivity contribution in [2.24, 2.45) is 0 Å². The Morgan fingerprint density at radius 3 is 2.56 bits per heavy atom. The topological polar surface area (TPSA) is 84.5 Å². The average molecular weight is 411 g/mol. The largest absolute Gasteiger partial charge is 0.482 e. The number of amides is 1. The standard InChI is InChI=1S/C19H23ClN2O4S/c1-3-11-21-27(24,25)15-9-10-18(16(20)12-15)26-13-19(23)22-17-8-6-5-7-14(17)4-2/h5-10,12,21H,3-4,11,13H2,1-2H3,(H,22,23). The van der Waals surface area contributed by atoms with Crippen LogP contribution >= 0.6 is 11.6 Å². The second-order valence-corrected chi connectivity index (χ2v) is 8.01. The number of aryl methyl sites for hydroxylation is 1. The van der Waals surface area contributed by atoms with E-state index in [-0.39, 0.29) is 28.2 Å². The first-order valence-electron chi connectivity index (χ1n) is 8.67. The number of hydrogen-bond donors (Lipinski definition) is 2. The average Bonchev–Trinajstić information content (AvgIpc) is 2.65. The molecule has 0 aliphatic heterocycles. The predicted octanol–water partition coefficient (Wildman–Crippen LogP) is 3.61. The number of hydrogen-bond acceptors (Lipinski definition) is 4. The quantitative estimate of drug-likeness (QED) is 0.661. The molecule has 0 unspecified atom stereocenters. The van der Waals surface area contributed by atoms with Gasteiger partial charge in [-0.1, -0.05) is 43.6 Å². The molecule has 0 aromatic heterocycles. The maximum atomic E-state index is 12.1. The summed E-state index contributed by atoms with van der Waals surface area (Å²) in [4.78, 5) is 12.2. The summed E-state index contributed by atoms with van der Waals surface area (Å²) in [5.74, 6) is -0.0849. The second-order valence-electron chi connectivity index (χ2n) is 5.84. The third-order valence-electron chi connectivity index (χ3n) is 3.79. The molecular weight excluding hydrogens is 388 g/mol. The number of nitrogens with one attached hydrogen (secondary N) is 2. The van der Waals surface area contributed by atoms with Crippen LogP contribution in [0.1, 0.15) is 25.8 Å². The van der Waals surface area contributed by atoms with Gasteiger partial charge in [0.1, 0.15) is 5.75 Å². The number of anilines is 1. The SMILES string of the molecule is CCCNS(=O)(=O)c1ccc(OCC(=O)Nc2ccccc2CC)c(Cl)c1. The Kier molecular flexibility index (Phi) is 7.65. The van der Waals surface area contributed by atoms with Gasteiger partial charge in [0.25, 0.3) is 5.91 Å². The minimum atomic E-state index is -3.61. The van der Waals surface area contributed by atoms with Gasteiger partial charge in [0.05, 0.1) is 9.92 Å². The molecular formula is C19H23ClN2O4S. The van der Waals surface area contributed by atoms with Crippen molar-refractivity contribution in [2.75, 3.05) is 18.5 Å². The Bertz CT molecular complexity index is 900. The molecule has 0 heterocycles. The summed E-state index contributed by atoms with van der Waals surface area (Å²) in [6.45, 7) is 3.98. The minimum Gasteiger partial charge on any atom is -0.482 e. The number of ether oxygens (including phenoxy) is 1. The van der Waals surface area contributed by atoms with Crippen LogP contribution in [0.3, 0.4) is 0 Å². The van der Waals surface area contributed by atoms with Crippen molar-refractivity contribution < 1.29 is 17.9 Å². The molecule has 1 amide bonds. The van der Waals surface area contributed by atoms with Crippen molar-refractivity contribution in [3.8, 4) is 5.75 Å². The van der Waals surface area contributed by atoms with Gasteiger partial charge in [-0.15, -0.1) is 0 Å². The molecule has 0 fully saturated rings. The molecule has 0 atom stereocenters. The van der Waals surface area contributed by atoms with Gasteiger partial charge in [0.15, 0.2) is 6.61 Å². The van der Waals surface area contributed by atoms with Crippen molar-refractivity contribution in [1.29, 1.82) is 0 Å². The van der Waals surface area contributed by atoms with E-state index in [1.165, 1.54) is 18.2 Å². The highest BCUT2D eigenvalue weighted by atomic mass is 35.5. The van der Waals surface area contributed by atoms with Crippen LogP contribution < -0.4 is 14.8 Å². The highest BCUT2D eigenvalue weighted by Gasteiger charge is 2.16. The molecule has 27 heavy (non-hydrogen) atoms. The number of rotatable bonds is 9. The van der Waals surface area contributed by atoms with Gasteiger partial charge in [-0.25, -0.2) is 13.1 Å². The van der Waals surface area contributed by atoms with Crippen molar-refractivity contribution in [2.45, 2.75) is 31.6 Å².